The lowest BCUT2D eigenvalue weighted by Gasteiger charge is -2.55. The molecule has 5 fully saturated rings. The van der Waals surface area contributed by atoms with Gasteiger partial charge in [-0.25, -0.2) is 0 Å². The van der Waals surface area contributed by atoms with Crippen molar-refractivity contribution in [2.24, 2.45) is 23.2 Å². The molecule has 4 nitrogen and oxygen atoms in total. The predicted octanol–water partition coefficient (Wildman–Crippen LogP) is 2.08. The Labute approximate surface area is 127 Å². The minimum Gasteiger partial charge on any atom is -0.464 e. The lowest BCUT2D eigenvalue weighted by Crippen LogP contribution is -2.51. The van der Waals surface area contributed by atoms with Crippen LogP contribution in [0.3, 0.4) is 0 Å². The molecule has 5 rings (SSSR count). The van der Waals surface area contributed by atoms with Crippen LogP contribution < -0.4 is 0 Å². The van der Waals surface area contributed by atoms with Crippen molar-refractivity contribution in [3.05, 3.63) is 0 Å². The Hall–Kier alpha value is -0.610. The molecule has 0 aromatic heterocycles. The monoisotopic (exact) mass is 293 g/mol. The van der Waals surface area contributed by atoms with E-state index in [1.807, 2.05) is 0 Å². The van der Waals surface area contributed by atoms with E-state index in [0.29, 0.717) is 6.61 Å². The Kier molecular flexibility index (Phi) is 3.70. The van der Waals surface area contributed by atoms with E-state index in [1.54, 1.807) is 0 Å². The van der Waals surface area contributed by atoms with Crippen molar-refractivity contribution >= 4 is 5.97 Å². The largest absolute Gasteiger partial charge is 0.464 e. The second-order valence-corrected chi connectivity index (χ2v) is 7.79. The van der Waals surface area contributed by atoms with Crippen molar-refractivity contribution in [3.8, 4) is 0 Å². The summed E-state index contributed by atoms with van der Waals surface area (Å²) in [5.41, 5.74) is -0.0975. The Bertz CT molecular complexity index is 368. The molecule has 0 aromatic carbocycles. The topological polar surface area (TPSA) is 38.8 Å². The number of carbonyl (C=O) groups is 1. The zero-order valence-corrected chi connectivity index (χ0v) is 12.9. The zero-order valence-electron chi connectivity index (χ0n) is 12.9. The van der Waals surface area contributed by atoms with Gasteiger partial charge in [0.2, 0.25) is 0 Å². The average molecular weight is 293 g/mol. The molecule has 0 spiro atoms. The van der Waals surface area contributed by atoms with Gasteiger partial charge in [-0.3, -0.25) is 9.69 Å². The number of hydrogen-bond acceptors (Lipinski definition) is 4. The van der Waals surface area contributed by atoms with Crippen LogP contribution in [0, 0.1) is 23.2 Å². The van der Waals surface area contributed by atoms with Gasteiger partial charge in [-0.15, -0.1) is 0 Å². The molecule has 5 aliphatic rings. The highest BCUT2D eigenvalue weighted by atomic mass is 16.5. The number of morpholine rings is 1. The van der Waals surface area contributed by atoms with Crippen LogP contribution in [0.5, 0.6) is 0 Å². The van der Waals surface area contributed by atoms with Crippen molar-refractivity contribution in [1.29, 1.82) is 0 Å². The summed E-state index contributed by atoms with van der Waals surface area (Å²) in [6, 6.07) is 0. The van der Waals surface area contributed by atoms with Gasteiger partial charge in [0, 0.05) is 19.6 Å². The maximum Gasteiger partial charge on any atom is 0.312 e. The summed E-state index contributed by atoms with van der Waals surface area (Å²) >= 11 is 0. The van der Waals surface area contributed by atoms with Gasteiger partial charge in [0.15, 0.2) is 0 Å². The summed E-state index contributed by atoms with van der Waals surface area (Å²) in [6.45, 7) is 4.97. The third kappa shape index (κ3) is 2.72. The van der Waals surface area contributed by atoms with Gasteiger partial charge in [-0.05, 0) is 56.3 Å². The molecule has 4 bridgehead atoms. The van der Waals surface area contributed by atoms with Gasteiger partial charge in [-0.1, -0.05) is 0 Å². The Balaban J connectivity index is 1.30. The molecule has 118 valence electrons. The molecule has 4 saturated carbocycles. The smallest absolute Gasteiger partial charge is 0.312 e. The van der Waals surface area contributed by atoms with Crippen LogP contribution in [0.2, 0.25) is 0 Å². The van der Waals surface area contributed by atoms with E-state index in [1.165, 1.54) is 19.3 Å². The van der Waals surface area contributed by atoms with Gasteiger partial charge in [-0.2, -0.15) is 0 Å². The molecule has 4 aliphatic carbocycles. The van der Waals surface area contributed by atoms with Gasteiger partial charge < -0.3 is 9.47 Å². The summed E-state index contributed by atoms with van der Waals surface area (Å²) in [6.07, 6.45) is 7.45. The minimum atomic E-state index is -0.0975. The molecule has 1 aliphatic heterocycles. The fourth-order valence-electron chi connectivity index (χ4n) is 5.61. The summed E-state index contributed by atoms with van der Waals surface area (Å²) in [5.74, 6) is 2.55. The van der Waals surface area contributed by atoms with Crippen LogP contribution in [-0.4, -0.2) is 50.3 Å². The van der Waals surface area contributed by atoms with E-state index >= 15 is 0 Å². The number of hydrogen-bond donors (Lipinski definition) is 0. The van der Waals surface area contributed by atoms with Crippen molar-refractivity contribution in [2.75, 3.05) is 39.5 Å². The maximum atomic E-state index is 12.7. The second-order valence-electron chi connectivity index (χ2n) is 7.79. The molecule has 0 atom stereocenters. The predicted molar refractivity (Wildman–Crippen MR) is 78.8 cm³/mol. The molecule has 0 amide bonds. The maximum absolute atomic E-state index is 12.7. The van der Waals surface area contributed by atoms with E-state index in [2.05, 4.69) is 4.90 Å². The van der Waals surface area contributed by atoms with Crippen molar-refractivity contribution in [3.63, 3.8) is 0 Å². The highest BCUT2D eigenvalue weighted by Gasteiger charge is 2.55. The van der Waals surface area contributed by atoms with Crippen LogP contribution in [-0.2, 0) is 14.3 Å². The van der Waals surface area contributed by atoms with Crippen molar-refractivity contribution in [2.45, 2.75) is 38.5 Å². The Morgan fingerprint density at radius 3 is 2.19 bits per heavy atom. The fourth-order valence-corrected chi connectivity index (χ4v) is 5.61. The first-order chi connectivity index (χ1) is 10.2. The van der Waals surface area contributed by atoms with E-state index in [9.17, 15) is 4.79 Å². The highest BCUT2D eigenvalue weighted by Crippen LogP contribution is 2.60. The van der Waals surface area contributed by atoms with Crippen LogP contribution >= 0.6 is 0 Å². The lowest BCUT2D eigenvalue weighted by atomic mass is 9.49. The number of ether oxygens (including phenoxy) is 2. The number of esters is 1. The molecular formula is C17H27NO3. The van der Waals surface area contributed by atoms with Crippen molar-refractivity contribution < 1.29 is 14.3 Å². The molecule has 1 heterocycles. The van der Waals surface area contributed by atoms with E-state index in [-0.39, 0.29) is 11.4 Å². The van der Waals surface area contributed by atoms with Gasteiger partial charge in [0.1, 0.15) is 6.61 Å². The fraction of sp³-hybridized carbons (Fsp3) is 0.941. The van der Waals surface area contributed by atoms with Gasteiger partial charge in [0.05, 0.1) is 18.6 Å². The first-order valence-corrected chi connectivity index (χ1v) is 8.71. The summed E-state index contributed by atoms with van der Waals surface area (Å²) in [5, 5.41) is 0. The normalized spacial score (nSPS) is 42.2. The average Bonchev–Trinajstić information content (AvgIpc) is 2.47. The summed E-state index contributed by atoms with van der Waals surface area (Å²) < 4.78 is 11.1. The Morgan fingerprint density at radius 1 is 1.05 bits per heavy atom. The van der Waals surface area contributed by atoms with Gasteiger partial charge in [0.25, 0.3) is 0 Å². The second kappa shape index (κ2) is 5.54. The molecule has 0 unspecified atom stereocenters. The van der Waals surface area contributed by atoms with Crippen LogP contribution in [0.1, 0.15) is 38.5 Å². The molecule has 0 N–H and O–H groups in total. The van der Waals surface area contributed by atoms with Crippen LogP contribution in [0.25, 0.3) is 0 Å². The molecular weight excluding hydrogens is 266 g/mol. The molecule has 21 heavy (non-hydrogen) atoms. The molecule has 4 heteroatoms. The first-order valence-electron chi connectivity index (χ1n) is 8.71. The summed E-state index contributed by atoms with van der Waals surface area (Å²) in [7, 11) is 0. The molecule has 1 saturated heterocycles. The molecule has 0 radical (unpaired) electrons. The van der Waals surface area contributed by atoms with E-state index in [4.69, 9.17) is 9.47 Å². The SMILES string of the molecule is O=C(OCCN1CCOCC1)C12CC3CC(CC(C3)C1)C2. The quantitative estimate of drug-likeness (QED) is 0.744. The van der Waals surface area contributed by atoms with Crippen LogP contribution in [0.15, 0.2) is 0 Å². The number of nitrogens with zero attached hydrogens (tertiary/aromatic N) is 1. The molecule has 0 aromatic rings. The summed E-state index contributed by atoms with van der Waals surface area (Å²) in [4.78, 5) is 15.0. The van der Waals surface area contributed by atoms with Gasteiger partial charge >= 0.3 is 5.97 Å². The zero-order chi connectivity index (χ0) is 14.3. The van der Waals surface area contributed by atoms with E-state index < -0.39 is 0 Å². The number of rotatable bonds is 4. The Morgan fingerprint density at radius 2 is 1.62 bits per heavy atom. The first kappa shape index (κ1) is 14.0. The number of carbonyl (C=O) groups excluding carboxylic acids is 1. The van der Waals surface area contributed by atoms with E-state index in [0.717, 1.165) is 69.9 Å². The van der Waals surface area contributed by atoms with Crippen LogP contribution in [0.4, 0.5) is 0 Å². The highest BCUT2D eigenvalue weighted by molar-refractivity contribution is 5.77. The van der Waals surface area contributed by atoms with Crippen molar-refractivity contribution in [1.82, 2.24) is 4.90 Å². The lowest BCUT2D eigenvalue weighted by molar-refractivity contribution is -0.172. The standard InChI is InChI=1S/C17H27NO3/c19-16(21-6-3-18-1-4-20-5-2-18)17-10-13-7-14(11-17)9-15(8-13)12-17/h13-15H,1-12H2. The minimum absolute atomic E-state index is 0.0975. The third-order valence-electron chi connectivity index (χ3n) is 6.22. The third-order valence-corrected chi connectivity index (χ3v) is 6.22.